The molecule has 1 aromatic carbocycles. The molecular weight excluding hydrogens is 256 g/mol. The number of ether oxygens (including phenoxy) is 1. The number of carbonyl (C=O) groups is 2. The number of anilines is 1. The van der Waals surface area contributed by atoms with E-state index in [-0.39, 0.29) is 31.0 Å². The highest BCUT2D eigenvalue weighted by molar-refractivity contribution is 5.89. The summed E-state index contributed by atoms with van der Waals surface area (Å²) in [5, 5.41) is 2.90. The van der Waals surface area contributed by atoms with E-state index in [1.165, 1.54) is 0 Å². The third-order valence-corrected chi connectivity index (χ3v) is 3.35. The second kappa shape index (κ2) is 5.94. The minimum Gasteiger partial charge on any atom is -0.423 e. The van der Waals surface area contributed by atoms with Gasteiger partial charge >= 0.3 is 5.97 Å². The van der Waals surface area contributed by atoms with E-state index >= 15 is 0 Å². The summed E-state index contributed by atoms with van der Waals surface area (Å²) in [6.45, 7) is 6.17. The number of hydrogen-bond acceptors (Lipinski definition) is 4. The lowest BCUT2D eigenvalue weighted by Crippen LogP contribution is -2.45. The molecule has 0 bridgehead atoms. The van der Waals surface area contributed by atoms with Gasteiger partial charge in [-0.15, -0.1) is 0 Å². The highest BCUT2D eigenvalue weighted by atomic mass is 16.5. The van der Waals surface area contributed by atoms with Crippen molar-refractivity contribution in [1.82, 2.24) is 5.32 Å². The number of esters is 1. The molecule has 0 spiro atoms. The Morgan fingerprint density at radius 3 is 2.95 bits per heavy atom. The van der Waals surface area contributed by atoms with Gasteiger partial charge in [0.15, 0.2) is 5.75 Å². The highest BCUT2D eigenvalue weighted by Gasteiger charge is 2.25. The summed E-state index contributed by atoms with van der Waals surface area (Å²) in [6, 6.07) is 5.77. The Kier molecular flexibility index (Phi) is 4.27. The number of fused-ring (bicyclic) bond motifs is 1. The molecule has 1 unspecified atom stereocenters. The van der Waals surface area contributed by atoms with Crippen molar-refractivity contribution in [3.8, 4) is 5.75 Å². The zero-order chi connectivity index (χ0) is 14.7. The van der Waals surface area contributed by atoms with Crippen LogP contribution in [-0.2, 0) is 9.59 Å². The maximum atomic E-state index is 12.0. The number of aryl methyl sites for hydroxylation is 1. The quantitative estimate of drug-likeness (QED) is 0.671. The zero-order valence-corrected chi connectivity index (χ0v) is 12.1. The summed E-state index contributed by atoms with van der Waals surface area (Å²) < 4.78 is 5.21. The van der Waals surface area contributed by atoms with Crippen LogP contribution in [0.3, 0.4) is 0 Å². The van der Waals surface area contributed by atoms with Crippen LogP contribution in [0.5, 0.6) is 5.75 Å². The molecule has 0 saturated carbocycles. The van der Waals surface area contributed by atoms with E-state index in [4.69, 9.17) is 4.74 Å². The Labute approximate surface area is 118 Å². The third-order valence-electron chi connectivity index (χ3n) is 3.35. The van der Waals surface area contributed by atoms with Crippen molar-refractivity contribution in [2.24, 2.45) is 0 Å². The molecule has 1 amide bonds. The summed E-state index contributed by atoms with van der Waals surface area (Å²) in [7, 11) is 0. The average Bonchev–Trinajstić information content (AvgIpc) is 2.37. The molecule has 108 valence electrons. The van der Waals surface area contributed by atoms with Gasteiger partial charge in [0, 0.05) is 6.04 Å². The van der Waals surface area contributed by atoms with E-state index in [2.05, 4.69) is 5.32 Å². The fourth-order valence-electron chi connectivity index (χ4n) is 2.10. The number of nitrogens with zero attached hydrogens (tertiary/aromatic N) is 1. The van der Waals surface area contributed by atoms with Crippen LogP contribution in [0.2, 0.25) is 0 Å². The smallest absolute Gasteiger partial charge is 0.331 e. The van der Waals surface area contributed by atoms with Crippen LogP contribution in [-0.4, -0.2) is 31.0 Å². The first-order valence-electron chi connectivity index (χ1n) is 6.85. The summed E-state index contributed by atoms with van der Waals surface area (Å²) in [6.07, 6.45) is 0.879. The number of amides is 1. The second-order valence-corrected chi connectivity index (χ2v) is 5.18. The molecule has 0 saturated heterocycles. The second-order valence-electron chi connectivity index (χ2n) is 5.18. The van der Waals surface area contributed by atoms with Crippen LogP contribution in [0, 0.1) is 6.92 Å². The molecule has 0 aromatic heterocycles. The molecule has 20 heavy (non-hydrogen) atoms. The predicted octanol–water partition coefficient (Wildman–Crippen LogP) is 1.64. The van der Waals surface area contributed by atoms with Crippen molar-refractivity contribution < 1.29 is 14.3 Å². The lowest BCUT2D eigenvalue weighted by atomic mass is 10.1. The predicted molar refractivity (Wildman–Crippen MR) is 76.9 cm³/mol. The lowest BCUT2D eigenvalue weighted by Gasteiger charge is -2.29. The first-order valence-corrected chi connectivity index (χ1v) is 6.85. The van der Waals surface area contributed by atoms with Crippen LogP contribution in [0.1, 0.15) is 25.8 Å². The van der Waals surface area contributed by atoms with Crippen molar-refractivity contribution in [2.45, 2.75) is 33.2 Å². The Morgan fingerprint density at radius 2 is 2.25 bits per heavy atom. The van der Waals surface area contributed by atoms with Crippen LogP contribution in [0.15, 0.2) is 18.2 Å². The summed E-state index contributed by atoms with van der Waals surface area (Å²) in [5.41, 5.74) is 1.80. The highest BCUT2D eigenvalue weighted by Crippen LogP contribution is 2.32. The van der Waals surface area contributed by atoms with Crippen LogP contribution < -0.4 is 15.0 Å². The van der Waals surface area contributed by atoms with E-state index in [1.807, 2.05) is 39.0 Å². The van der Waals surface area contributed by atoms with E-state index in [0.717, 1.165) is 17.7 Å². The standard InChI is InChI=1S/C15H20N2O3/c1-4-11(3)16-14(18)8-17-9-15(19)20-13-7-10(2)5-6-12(13)17/h5-7,11H,4,8-9H2,1-3H3,(H,16,18). The van der Waals surface area contributed by atoms with Crippen LogP contribution in [0.25, 0.3) is 0 Å². The topological polar surface area (TPSA) is 58.6 Å². The minimum atomic E-state index is -0.334. The average molecular weight is 276 g/mol. The molecule has 1 aliphatic rings. The molecule has 1 aromatic rings. The molecule has 2 rings (SSSR count). The van der Waals surface area contributed by atoms with Gasteiger partial charge in [0.05, 0.1) is 12.2 Å². The summed E-state index contributed by atoms with van der Waals surface area (Å²) >= 11 is 0. The van der Waals surface area contributed by atoms with Crippen LogP contribution in [0.4, 0.5) is 5.69 Å². The monoisotopic (exact) mass is 276 g/mol. The van der Waals surface area contributed by atoms with E-state index in [9.17, 15) is 9.59 Å². The molecule has 0 radical (unpaired) electrons. The molecule has 1 atom stereocenters. The van der Waals surface area contributed by atoms with E-state index < -0.39 is 0 Å². The number of benzene rings is 1. The first kappa shape index (κ1) is 14.4. The Bertz CT molecular complexity index is 528. The van der Waals surface area contributed by atoms with Crippen molar-refractivity contribution in [2.75, 3.05) is 18.0 Å². The Hall–Kier alpha value is -2.04. The Morgan fingerprint density at radius 1 is 1.50 bits per heavy atom. The SMILES string of the molecule is CCC(C)NC(=O)CN1CC(=O)Oc2cc(C)ccc21. The van der Waals surface area contributed by atoms with Crippen molar-refractivity contribution in [3.05, 3.63) is 23.8 Å². The molecular formula is C15H20N2O3. The molecule has 1 heterocycles. The number of hydrogen-bond donors (Lipinski definition) is 1. The first-order chi connectivity index (χ1) is 9.49. The fraction of sp³-hybridized carbons (Fsp3) is 0.467. The normalized spacial score (nSPS) is 15.3. The zero-order valence-electron chi connectivity index (χ0n) is 12.1. The molecule has 1 aliphatic heterocycles. The lowest BCUT2D eigenvalue weighted by molar-refractivity contribution is -0.133. The molecule has 5 heteroatoms. The van der Waals surface area contributed by atoms with E-state index in [0.29, 0.717) is 5.75 Å². The van der Waals surface area contributed by atoms with Gasteiger partial charge < -0.3 is 15.0 Å². The summed E-state index contributed by atoms with van der Waals surface area (Å²) in [5.74, 6) is 0.109. The Balaban J connectivity index is 2.13. The number of nitrogens with one attached hydrogen (secondary N) is 1. The van der Waals surface area contributed by atoms with Crippen molar-refractivity contribution in [3.63, 3.8) is 0 Å². The van der Waals surface area contributed by atoms with Gasteiger partial charge in [-0.2, -0.15) is 0 Å². The molecule has 0 fully saturated rings. The molecule has 5 nitrogen and oxygen atoms in total. The van der Waals surface area contributed by atoms with Gasteiger partial charge in [-0.3, -0.25) is 4.79 Å². The maximum Gasteiger partial charge on any atom is 0.331 e. The number of rotatable bonds is 4. The van der Waals surface area contributed by atoms with Gasteiger partial charge in [-0.1, -0.05) is 13.0 Å². The van der Waals surface area contributed by atoms with Crippen LogP contribution >= 0.6 is 0 Å². The molecule has 0 aliphatic carbocycles. The largest absolute Gasteiger partial charge is 0.423 e. The summed E-state index contributed by atoms with van der Waals surface area (Å²) in [4.78, 5) is 25.3. The molecule has 1 N–H and O–H groups in total. The van der Waals surface area contributed by atoms with Crippen molar-refractivity contribution >= 4 is 17.6 Å². The minimum absolute atomic E-state index is 0.0828. The van der Waals surface area contributed by atoms with Gasteiger partial charge in [0.1, 0.15) is 6.54 Å². The van der Waals surface area contributed by atoms with Gasteiger partial charge in [-0.05, 0) is 38.0 Å². The number of carbonyl (C=O) groups excluding carboxylic acids is 2. The van der Waals surface area contributed by atoms with Gasteiger partial charge in [0.2, 0.25) is 5.91 Å². The van der Waals surface area contributed by atoms with Gasteiger partial charge in [0.25, 0.3) is 0 Å². The third kappa shape index (κ3) is 3.29. The fourth-order valence-corrected chi connectivity index (χ4v) is 2.10. The van der Waals surface area contributed by atoms with Crippen molar-refractivity contribution in [1.29, 1.82) is 0 Å². The maximum absolute atomic E-state index is 12.0. The van der Waals surface area contributed by atoms with Gasteiger partial charge in [-0.25, -0.2) is 4.79 Å². The van der Waals surface area contributed by atoms with E-state index in [1.54, 1.807) is 4.90 Å².